The quantitative estimate of drug-likeness (QED) is 0.151. The van der Waals surface area contributed by atoms with Crippen LogP contribution in [0.5, 0.6) is 5.75 Å². The lowest BCUT2D eigenvalue weighted by Crippen LogP contribution is -2.55. The molecule has 0 radical (unpaired) electrons. The minimum atomic E-state index is -1.53. The van der Waals surface area contributed by atoms with Crippen molar-refractivity contribution in [1.29, 1.82) is 0 Å². The Morgan fingerprint density at radius 2 is 1.61 bits per heavy atom. The van der Waals surface area contributed by atoms with Crippen molar-refractivity contribution >= 4 is 29.5 Å². The van der Waals surface area contributed by atoms with Crippen LogP contribution in [0.1, 0.15) is 60.0 Å². The second kappa shape index (κ2) is 18.5. The smallest absolute Gasteiger partial charge is 0.252 e. The minimum absolute atomic E-state index is 0.0260. The summed E-state index contributed by atoms with van der Waals surface area (Å²) in [7, 11) is 0. The highest BCUT2D eigenvalue weighted by Gasteiger charge is 2.49. The number of carbonyl (C=O) groups excluding carboxylic acids is 3. The standard InChI is InChI=1S/C34H40N4O6S.C7H10N2/c1-21-10-9-15-35-25(21)18-36-32(42)30-34(2,3)45-20-38(30)33(43)26(39)17-23(16-22-11-5-4-6-12-22)31(41)37-29-24-13-7-8-14-28(24)44-19-27(29)40;1-6-3-2-4-9-7(6)5-8/h4-15,23,26-27,29-30,39-40H,16-20H2,1-3H3,(H,36,42)(H,37,41);2-4H,5,8H2,1H3/t23-,26+,27-,29+,30-;/m1./s1. The van der Waals surface area contributed by atoms with Crippen molar-refractivity contribution < 1.29 is 29.3 Å². The first-order valence-corrected chi connectivity index (χ1v) is 19.0. The summed E-state index contributed by atoms with van der Waals surface area (Å²) in [4.78, 5) is 50.9. The highest BCUT2D eigenvalue weighted by molar-refractivity contribution is 8.00. The molecule has 3 amide bonds. The van der Waals surface area contributed by atoms with Crippen LogP contribution in [0.4, 0.5) is 0 Å². The summed E-state index contributed by atoms with van der Waals surface area (Å²) in [6.07, 6.45) is 1.04. The molecule has 4 heterocycles. The van der Waals surface area contributed by atoms with E-state index < -0.39 is 46.8 Å². The molecular formula is C41H50N6O6S. The number of aryl methyl sites for hydroxylation is 2. The number of pyridine rings is 2. The molecule has 4 aromatic rings. The average Bonchev–Trinajstić information content (AvgIpc) is 3.50. The number of ether oxygens (including phenoxy) is 1. The van der Waals surface area contributed by atoms with Crippen LogP contribution in [0.2, 0.25) is 0 Å². The lowest BCUT2D eigenvalue weighted by Gasteiger charge is -2.33. The fourth-order valence-corrected chi connectivity index (χ4v) is 7.79. The monoisotopic (exact) mass is 754 g/mol. The van der Waals surface area contributed by atoms with Crippen LogP contribution in [0.25, 0.3) is 0 Å². The number of rotatable bonds is 11. The maximum absolute atomic E-state index is 13.8. The Balaban J connectivity index is 0.000000546. The molecule has 6 rings (SSSR count). The van der Waals surface area contributed by atoms with Crippen molar-refractivity contribution in [3.63, 3.8) is 0 Å². The lowest BCUT2D eigenvalue weighted by molar-refractivity contribution is -0.147. The van der Waals surface area contributed by atoms with Gasteiger partial charge in [0, 0.05) is 35.2 Å². The third-order valence-electron chi connectivity index (χ3n) is 9.77. The van der Waals surface area contributed by atoms with Crippen molar-refractivity contribution in [2.45, 2.75) is 82.7 Å². The van der Waals surface area contributed by atoms with Crippen LogP contribution in [-0.2, 0) is 33.9 Å². The van der Waals surface area contributed by atoms with E-state index in [2.05, 4.69) is 20.6 Å². The van der Waals surface area contributed by atoms with E-state index in [1.807, 2.05) is 94.4 Å². The van der Waals surface area contributed by atoms with Gasteiger partial charge in [-0.2, -0.15) is 0 Å². The van der Waals surface area contributed by atoms with E-state index in [1.165, 1.54) is 22.2 Å². The van der Waals surface area contributed by atoms with Gasteiger partial charge in [0.2, 0.25) is 11.8 Å². The largest absolute Gasteiger partial charge is 0.490 e. The lowest BCUT2D eigenvalue weighted by atomic mass is 9.90. The Bertz CT molecular complexity index is 1890. The molecule has 2 aromatic carbocycles. The van der Waals surface area contributed by atoms with Crippen molar-refractivity contribution in [3.05, 3.63) is 125 Å². The summed E-state index contributed by atoms with van der Waals surface area (Å²) in [6.45, 7) is 8.50. The molecule has 2 aliphatic heterocycles. The number of hydrogen-bond donors (Lipinski definition) is 5. The summed E-state index contributed by atoms with van der Waals surface area (Å²) >= 11 is 1.46. The fourth-order valence-electron chi connectivity index (χ4n) is 6.65. The fraction of sp³-hybridized carbons (Fsp3) is 0.390. The zero-order valence-corrected chi connectivity index (χ0v) is 32.0. The van der Waals surface area contributed by atoms with E-state index in [9.17, 15) is 24.6 Å². The molecule has 12 nitrogen and oxygen atoms in total. The Hall–Kier alpha value is -4.82. The van der Waals surface area contributed by atoms with Crippen molar-refractivity contribution in [1.82, 2.24) is 25.5 Å². The number of amides is 3. The van der Waals surface area contributed by atoms with Crippen LogP contribution in [0.15, 0.2) is 91.3 Å². The summed E-state index contributed by atoms with van der Waals surface area (Å²) < 4.78 is 5.02. The number of nitrogens with two attached hydrogens (primary N) is 1. The normalized spacial score (nSPS) is 19.6. The number of para-hydroxylation sites is 1. The maximum atomic E-state index is 13.8. The van der Waals surface area contributed by atoms with Crippen molar-refractivity contribution in [2.75, 3.05) is 12.5 Å². The van der Waals surface area contributed by atoms with Crippen LogP contribution < -0.4 is 21.1 Å². The number of aliphatic hydroxyl groups is 2. The average molecular weight is 755 g/mol. The van der Waals surface area contributed by atoms with Gasteiger partial charge < -0.3 is 36.2 Å². The van der Waals surface area contributed by atoms with Gasteiger partial charge >= 0.3 is 0 Å². The molecule has 1 fully saturated rings. The van der Waals surface area contributed by atoms with Gasteiger partial charge in [-0.25, -0.2) is 0 Å². The van der Waals surface area contributed by atoms with E-state index in [-0.39, 0.29) is 37.8 Å². The number of benzene rings is 2. The van der Waals surface area contributed by atoms with E-state index in [0.29, 0.717) is 17.9 Å². The number of aliphatic hydroxyl groups excluding tert-OH is 2. The zero-order valence-electron chi connectivity index (χ0n) is 31.1. The highest BCUT2D eigenvalue weighted by atomic mass is 32.2. The molecule has 1 saturated heterocycles. The minimum Gasteiger partial charge on any atom is -0.490 e. The second-order valence-electron chi connectivity index (χ2n) is 14.1. The van der Waals surface area contributed by atoms with Crippen LogP contribution in [0.3, 0.4) is 0 Å². The molecule has 6 N–H and O–H groups in total. The van der Waals surface area contributed by atoms with Gasteiger partial charge in [-0.1, -0.05) is 60.7 Å². The Kier molecular flexibility index (Phi) is 13.8. The van der Waals surface area contributed by atoms with Crippen molar-refractivity contribution in [3.8, 4) is 5.75 Å². The molecule has 2 aliphatic rings. The third-order valence-corrected chi connectivity index (χ3v) is 11.1. The topological polar surface area (TPSA) is 180 Å². The van der Waals surface area contributed by atoms with Crippen molar-refractivity contribution in [2.24, 2.45) is 11.7 Å². The second-order valence-corrected chi connectivity index (χ2v) is 15.7. The maximum Gasteiger partial charge on any atom is 0.252 e. The SMILES string of the molecule is Cc1cccnc1CN.Cc1cccnc1CNC(=O)[C@H]1N(C(=O)[C@@H](O)C[C@@H](Cc2ccccc2)C(=O)N[C@H]2c3ccccc3OC[C@H]2O)CSC1(C)C. The number of fused-ring (bicyclic) bond motifs is 1. The van der Waals surface area contributed by atoms with Gasteiger partial charge in [-0.15, -0.1) is 11.8 Å². The first kappa shape index (κ1) is 40.4. The van der Waals surface area contributed by atoms with E-state index in [0.717, 1.165) is 22.5 Å². The summed E-state index contributed by atoms with van der Waals surface area (Å²) in [5.41, 5.74) is 10.7. The molecule has 13 heteroatoms. The number of nitrogens with one attached hydrogen (secondary N) is 2. The first-order valence-electron chi connectivity index (χ1n) is 18.0. The molecule has 2 aromatic heterocycles. The Labute approximate surface area is 320 Å². The molecular weight excluding hydrogens is 705 g/mol. The highest BCUT2D eigenvalue weighted by Crippen LogP contribution is 2.40. The van der Waals surface area contributed by atoms with Gasteiger partial charge in [0.25, 0.3) is 5.91 Å². The first-order chi connectivity index (χ1) is 25.9. The van der Waals surface area contributed by atoms with Gasteiger partial charge in [-0.3, -0.25) is 24.4 Å². The number of nitrogens with zero attached hydrogens (tertiary/aromatic N) is 3. The Morgan fingerprint density at radius 3 is 2.26 bits per heavy atom. The molecule has 0 spiro atoms. The summed E-state index contributed by atoms with van der Waals surface area (Å²) in [6, 6.07) is 22.7. The van der Waals surface area contributed by atoms with E-state index in [4.69, 9.17) is 10.5 Å². The molecule has 5 atom stereocenters. The molecule has 54 heavy (non-hydrogen) atoms. The number of aromatic nitrogens is 2. The van der Waals surface area contributed by atoms with Gasteiger partial charge in [-0.05, 0) is 75.4 Å². The summed E-state index contributed by atoms with van der Waals surface area (Å²) in [5.74, 6) is -1.33. The third kappa shape index (κ3) is 10.0. The van der Waals surface area contributed by atoms with Gasteiger partial charge in [0.05, 0.1) is 29.9 Å². The van der Waals surface area contributed by atoms with Crippen LogP contribution in [0, 0.1) is 19.8 Å². The van der Waals surface area contributed by atoms with Crippen LogP contribution >= 0.6 is 11.8 Å². The van der Waals surface area contributed by atoms with Gasteiger partial charge in [0.15, 0.2) is 0 Å². The predicted molar refractivity (Wildman–Crippen MR) is 208 cm³/mol. The number of carbonyl (C=O) groups is 3. The molecule has 286 valence electrons. The Morgan fingerprint density at radius 1 is 0.963 bits per heavy atom. The van der Waals surface area contributed by atoms with E-state index >= 15 is 0 Å². The number of thioether (sulfide) groups is 1. The van der Waals surface area contributed by atoms with E-state index in [1.54, 1.807) is 24.5 Å². The summed E-state index contributed by atoms with van der Waals surface area (Å²) in [5, 5.41) is 27.9. The molecule has 0 saturated carbocycles. The van der Waals surface area contributed by atoms with Crippen LogP contribution in [-0.4, -0.2) is 78.3 Å². The predicted octanol–water partition coefficient (Wildman–Crippen LogP) is 3.76. The molecule has 0 bridgehead atoms. The molecule has 0 unspecified atom stereocenters. The van der Waals surface area contributed by atoms with Gasteiger partial charge in [0.1, 0.15) is 30.6 Å². The molecule has 0 aliphatic carbocycles. The number of hydrogen-bond acceptors (Lipinski definition) is 10. The zero-order chi connectivity index (χ0) is 38.8.